The average molecular weight is 402 g/mol. The van der Waals surface area contributed by atoms with Gasteiger partial charge in [0.05, 0.1) is 18.3 Å². The summed E-state index contributed by atoms with van der Waals surface area (Å²) < 4.78 is 13.4. The zero-order chi connectivity index (χ0) is 19.7. The molecule has 1 saturated heterocycles. The molecule has 2 N–H and O–H groups in total. The molecule has 0 aliphatic carbocycles. The van der Waals surface area contributed by atoms with Crippen molar-refractivity contribution in [1.82, 2.24) is 20.2 Å². The van der Waals surface area contributed by atoms with Crippen LogP contribution in [0.5, 0.6) is 0 Å². The summed E-state index contributed by atoms with van der Waals surface area (Å²) >= 11 is 1.37. The molecule has 9 heteroatoms. The summed E-state index contributed by atoms with van der Waals surface area (Å²) in [5, 5.41) is 11.4. The molecule has 1 unspecified atom stereocenters. The number of pyridine rings is 1. The maximum atomic E-state index is 13.4. The molecular weight excluding hydrogens is 379 g/mol. The highest BCUT2D eigenvalue weighted by Crippen LogP contribution is 2.32. The zero-order valence-electron chi connectivity index (χ0n) is 15.7. The van der Waals surface area contributed by atoms with Crippen molar-refractivity contribution in [1.29, 1.82) is 5.41 Å². The fourth-order valence-corrected chi connectivity index (χ4v) is 4.74. The maximum Gasteiger partial charge on any atom is 0.266 e. The minimum Gasteiger partial charge on any atom is -0.354 e. The molecule has 0 aromatic carbocycles. The van der Waals surface area contributed by atoms with Gasteiger partial charge in [-0.25, -0.2) is 14.4 Å². The smallest absolute Gasteiger partial charge is 0.266 e. The van der Waals surface area contributed by atoms with Gasteiger partial charge in [-0.05, 0) is 25.6 Å². The fraction of sp³-hybridized carbons (Fsp3) is 0.474. The molecule has 0 bridgehead atoms. The minimum atomic E-state index is -0.783. The lowest BCUT2D eigenvalue weighted by atomic mass is 10.1. The number of nitrogens with one attached hydrogen (secondary N) is 2. The first kappa shape index (κ1) is 18.9. The Morgan fingerprint density at radius 1 is 1.46 bits per heavy atom. The molecule has 1 amide bonds. The van der Waals surface area contributed by atoms with E-state index in [1.165, 1.54) is 17.6 Å². The lowest BCUT2D eigenvalue weighted by Crippen LogP contribution is -2.49. The van der Waals surface area contributed by atoms with Gasteiger partial charge in [0.2, 0.25) is 0 Å². The molecule has 0 spiro atoms. The number of amides is 1. The highest BCUT2D eigenvalue weighted by Gasteiger charge is 2.32. The van der Waals surface area contributed by atoms with Crippen LogP contribution in [-0.2, 0) is 6.42 Å². The van der Waals surface area contributed by atoms with Gasteiger partial charge in [0, 0.05) is 44.0 Å². The second kappa shape index (κ2) is 7.92. The predicted octanol–water partition coefficient (Wildman–Crippen LogP) is 1.99. The van der Waals surface area contributed by atoms with Gasteiger partial charge < -0.3 is 20.5 Å². The summed E-state index contributed by atoms with van der Waals surface area (Å²) in [5.74, 6) is 0.706. The van der Waals surface area contributed by atoms with Crippen LogP contribution in [0.2, 0.25) is 0 Å². The topological polar surface area (TPSA) is 85.2 Å². The molecule has 0 radical (unpaired) electrons. The predicted molar refractivity (Wildman–Crippen MR) is 108 cm³/mol. The molecule has 2 aromatic heterocycles. The van der Waals surface area contributed by atoms with E-state index in [1.54, 1.807) is 11.1 Å². The standard InChI is InChI=1S/C19H23FN6OS/c1-22-10-14(8-21)26-7-5-15-17(19(26)27)28-18(24-15)12-2-3-16(23-9-12)25-6-4-13(20)11-25/h2-3,8-9,13-14,21-22H,4-7,10-11H2,1H3/t13-,14?/m0/s1. The van der Waals surface area contributed by atoms with Crippen molar-refractivity contribution in [2.45, 2.75) is 25.1 Å². The lowest BCUT2D eigenvalue weighted by molar-refractivity contribution is 0.0715. The molecule has 148 valence electrons. The molecule has 2 aliphatic rings. The third-order valence-corrected chi connectivity index (χ3v) is 6.33. The van der Waals surface area contributed by atoms with E-state index < -0.39 is 6.17 Å². The Morgan fingerprint density at radius 2 is 2.32 bits per heavy atom. The molecular formula is C19H23FN6OS. The Balaban J connectivity index is 1.54. The minimum absolute atomic E-state index is 0.0654. The molecule has 7 nitrogen and oxygen atoms in total. The Kier molecular flexibility index (Phi) is 5.36. The third-order valence-electron chi connectivity index (χ3n) is 5.20. The molecule has 2 aromatic rings. The summed E-state index contributed by atoms with van der Waals surface area (Å²) in [6.45, 7) is 2.19. The van der Waals surface area contributed by atoms with Crippen LogP contribution < -0.4 is 10.2 Å². The number of fused-ring (bicyclic) bond motifs is 1. The third kappa shape index (κ3) is 3.51. The highest BCUT2D eigenvalue weighted by molar-refractivity contribution is 7.17. The van der Waals surface area contributed by atoms with Gasteiger partial charge in [0.25, 0.3) is 5.91 Å². The van der Waals surface area contributed by atoms with Crippen molar-refractivity contribution in [2.75, 3.05) is 38.1 Å². The van der Waals surface area contributed by atoms with Gasteiger partial charge in [-0.2, -0.15) is 0 Å². The van der Waals surface area contributed by atoms with E-state index in [2.05, 4.69) is 15.3 Å². The summed E-state index contributed by atoms with van der Waals surface area (Å²) in [6.07, 6.45) is 3.50. The first-order valence-electron chi connectivity index (χ1n) is 9.42. The van der Waals surface area contributed by atoms with Crippen molar-refractivity contribution < 1.29 is 9.18 Å². The number of thiazole rings is 1. The van der Waals surface area contributed by atoms with Crippen LogP contribution >= 0.6 is 11.3 Å². The number of likely N-dealkylation sites (N-methyl/N-ethyl adjacent to an activating group) is 1. The second-order valence-electron chi connectivity index (χ2n) is 7.07. The van der Waals surface area contributed by atoms with E-state index in [0.717, 1.165) is 22.1 Å². The van der Waals surface area contributed by atoms with Crippen LogP contribution in [0.4, 0.5) is 10.2 Å². The van der Waals surface area contributed by atoms with Crippen molar-refractivity contribution in [2.24, 2.45) is 0 Å². The largest absolute Gasteiger partial charge is 0.354 e. The van der Waals surface area contributed by atoms with Gasteiger partial charge in [-0.15, -0.1) is 11.3 Å². The average Bonchev–Trinajstić information content (AvgIpc) is 3.34. The van der Waals surface area contributed by atoms with Crippen LogP contribution in [0.25, 0.3) is 10.6 Å². The second-order valence-corrected chi connectivity index (χ2v) is 8.07. The highest BCUT2D eigenvalue weighted by atomic mass is 32.1. The van der Waals surface area contributed by atoms with Crippen molar-refractivity contribution in [3.63, 3.8) is 0 Å². The van der Waals surface area contributed by atoms with E-state index in [4.69, 9.17) is 5.41 Å². The van der Waals surface area contributed by atoms with E-state index in [1.807, 2.05) is 24.1 Å². The summed E-state index contributed by atoms with van der Waals surface area (Å²) in [7, 11) is 1.81. The fourth-order valence-electron chi connectivity index (χ4n) is 3.68. The van der Waals surface area contributed by atoms with Gasteiger partial charge in [-0.1, -0.05) is 0 Å². The lowest BCUT2D eigenvalue weighted by Gasteiger charge is -2.31. The molecule has 4 rings (SSSR count). The number of rotatable bonds is 6. The number of nitrogens with zero attached hydrogens (tertiary/aromatic N) is 4. The quantitative estimate of drug-likeness (QED) is 0.722. The SMILES string of the molecule is CNCC(C=N)N1CCc2nc(-c3ccc(N4CC[C@H](F)C4)nc3)sc2C1=O. The van der Waals surface area contributed by atoms with Gasteiger partial charge >= 0.3 is 0 Å². The molecule has 4 heterocycles. The molecule has 2 atom stereocenters. The van der Waals surface area contributed by atoms with Crippen LogP contribution in [-0.4, -0.2) is 72.4 Å². The van der Waals surface area contributed by atoms with Crippen LogP contribution in [0.15, 0.2) is 18.3 Å². The number of hydrogen-bond acceptors (Lipinski definition) is 7. The number of carbonyl (C=O) groups excluding carboxylic acids is 1. The Morgan fingerprint density at radius 3 is 2.96 bits per heavy atom. The zero-order valence-corrected chi connectivity index (χ0v) is 16.5. The van der Waals surface area contributed by atoms with Crippen molar-refractivity contribution in [3.8, 4) is 10.6 Å². The molecule has 28 heavy (non-hydrogen) atoms. The first-order chi connectivity index (χ1) is 13.6. The number of aromatic nitrogens is 2. The number of hydrogen-bond donors (Lipinski definition) is 2. The Labute approximate surface area is 167 Å². The van der Waals surface area contributed by atoms with E-state index in [-0.39, 0.29) is 11.9 Å². The summed E-state index contributed by atoms with van der Waals surface area (Å²) in [5.41, 5.74) is 1.68. The van der Waals surface area contributed by atoms with Gasteiger partial charge in [-0.3, -0.25) is 4.79 Å². The molecule has 2 aliphatic heterocycles. The van der Waals surface area contributed by atoms with Gasteiger partial charge in [0.15, 0.2) is 0 Å². The van der Waals surface area contributed by atoms with Crippen molar-refractivity contribution >= 4 is 29.3 Å². The summed E-state index contributed by atoms with van der Waals surface area (Å²) in [4.78, 5) is 26.4. The number of halogens is 1. The van der Waals surface area contributed by atoms with E-state index >= 15 is 0 Å². The normalized spacial score (nSPS) is 20.4. The van der Waals surface area contributed by atoms with E-state index in [0.29, 0.717) is 43.9 Å². The number of alkyl halides is 1. The maximum absolute atomic E-state index is 13.4. The van der Waals surface area contributed by atoms with Crippen LogP contribution in [0.3, 0.4) is 0 Å². The Hall–Kier alpha value is -2.39. The van der Waals surface area contributed by atoms with Crippen LogP contribution in [0, 0.1) is 5.41 Å². The monoisotopic (exact) mass is 402 g/mol. The van der Waals surface area contributed by atoms with E-state index in [9.17, 15) is 9.18 Å². The molecule has 0 saturated carbocycles. The van der Waals surface area contributed by atoms with Crippen molar-refractivity contribution in [3.05, 3.63) is 28.9 Å². The Bertz CT molecular complexity index is 870. The number of carbonyl (C=O) groups is 1. The molecule has 1 fully saturated rings. The number of anilines is 1. The van der Waals surface area contributed by atoms with Crippen LogP contribution in [0.1, 0.15) is 21.8 Å². The first-order valence-corrected chi connectivity index (χ1v) is 10.2. The summed E-state index contributed by atoms with van der Waals surface area (Å²) in [6, 6.07) is 3.57. The van der Waals surface area contributed by atoms with Gasteiger partial charge in [0.1, 0.15) is 21.9 Å².